The Morgan fingerprint density at radius 1 is 1.33 bits per heavy atom. The molecule has 0 fully saturated rings. The van der Waals surface area contributed by atoms with Gasteiger partial charge < -0.3 is 11.1 Å². The number of nitrogens with two attached hydrogens (primary N) is 1. The molecule has 1 aromatic rings. The first-order chi connectivity index (χ1) is 6.98. The average molecular weight is 211 g/mol. The highest BCUT2D eigenvalue weighted by Gasteiger charge is 2.18. The number of hydrogen-bond donors (Lipinski definition) is 2. The van der Waals surface area contributed by atoms with E-state index < -0.39 is 0 Å². The summed E-state index contributed by atoms with van der Waals surface area (Å²) in [5.41, 5.74) is 5.73. The van der Waals surface area contributed by atoms with Crippen LogP contribution in [0.4, 0.5) is 5.95 Å². The maximum Gasteiger partial charge on any atom is 0.224 e. The van der Waals surface area contributed by atoms with Gasteiger partial charge in [0.2, 0.25) is 5.95 Å². The normalized spacial score (nSPS) is 11.8. The predicted octanol–water partition coefficient (Wildman–Crippen LogP) is 1.01. The summed E-state index contributed by atoms with van der Waals surface area (Å²) in [6, 6.07) is 0. The largest absolute Gasteiger partial charge is 0.355 e. The summed E-state index contributed by atoms with van der Waals surface area (Å²) in [4.78, 5) is 0. The van der Waals surface area contributed by atoms with Crippen molar-refractivity contribution in [1.29, 1.82) is 0 Å². The Hall–Kier alpha value is -1.10. The monoisotopic (exact) mass is 211 g/mol. The van der Waals surface area contributed by atoms with E-state index in [-0.39, 0.29) is 5.54 Å². The Morgan fingerprint density at radius 2 is 2.00 bits per heavy atom. The van der Waals surface area contributed by atoms with E-state index >= 15 is 0 Å². The van der Waals surface area contributed by atoms with Crippen molar-refractivity contribution in [2.24, 2.45) is 5.73 Å². The highest BCUT2D eigenvalue weighted by atomic mass is 15.3. The fourth-order valence-electron chi connectivity index (χ4n) is 1.49. The van der Waals surface area contributed by atoms with Crippen LogP contribution in [0.5, 0.6) is 0 Å². The van der Waals surface area contributed by atoms with Crippen molar-refractivity contribution < 1.29 is 0 Å². The van der Waals surface area contributed by atoms with Crippen molar-refractivity contribution in [1.82, 2.24) is 14.8 Å². The Balaban J connectivity index is 2.89. The Bertz CT molecular complexity index is 310. The average Bonchev–Trinajstić information content (AvgIpc) is 2.45. The summed E-state index contributed by atoms with van der Waals surface area (Å²) in [6.07, 6.45) is 0.735. The van der Waals surface area contributed by atoms with Gasteiger partial charge in [-0.2, -0.15) is 0 Å². The van der Waals surface area contributed by atoms with Crippen LogP contribution in [0.2, 0.25) is 0 Å². The zero-order valence-electron chi connectivity index (χ0n) is 10.0. The van der Waals surface area contributed by atoms with Gasteiger partial charge in [-0.15, -0.1) is 10.2 Å². The molecule has 15 heavy (non-hydrogen) atoms. The maximum atomic E-state index is 5.97. The summed E-state index contributed by atoms with van der Waals surface area (Å²) in [5.74, 6) is 1.78. The summed E-state index contributed by atoms with van der Waals surface area (Å²) >= 11 is 0. The molecule has 0 bridgehead atoms. The topological polar surface area (TPSA) is 68.8 Å². The summed E-state index contributed by atoms with van der Waals surface area (Å²) in [6.45, 7) is 9.83. The molecule has 0 spiro atoms. The molecule has 0 aliphatic carbocycles. The van der Waals surface area contributed by atoms with E-state index in [0.29, 0.717) is 0 Å². The zero-order valence-corrected chi connectivity index (χ0v) is 10.0. The van der Waals surface area contributed by atoms with E-state index in [1.54, 1.807) is 0 Å². The van der Waals surface area contributed by atoms with Crippen molar-refractivity contribution in [2.45, 2.75) is 46.2 Å². The minimum atomic E-state index is -0.247. The molecule has 0 saturated heterocycles. The van der Waals surface area contributed by atoms with Crippen LogP contribution in [0.15, 0.2) is 0 Å². The third-order valence-electron chi connectivity index (χ3n) is 2.09. The first kappa shape index (κ1) is 12.0. The van der Waals surface area contributed by atoms with Gasteiger partial charge >= 0.3 is 0 Å². The summed E-state index contributed by atoms with van der Waals surface area (Å²) in [5, 5.41) is 11.5. The molecule has 0 saturated carbocycles. The molecule has 1 heterocycles. The molecule has 0 aromatic carbocycles. The molecule has 86 valence electrons. The first-order valence-corrected chi connectivity index (χ1v) is 5.42. The highest BCUT2D eigenvalue weighted by molar-refractivity contribution is 5.25. The van der Waals surface area contributed by atoms with Crippen molar-refractivity contribution >= 4 is 5.95 Å². The third-order valence-corrected chi connectivity index (χ3v) is 2.09. The Morgan fingerprint density at radius 3 is 2.47 bits per heavy atom. The van der Waals surface area contributed by atoms with E-state index in [1.807, 2.05) is 20.8 Å². The number of anilines is 1. The lowest BCUT2D eigenvalue weighted by Crippen LogP contribution is -2.35. The van der Waals surface area contributed by atoms with Crippen molar-refractivity contribution in [2.75, 3.05) is 11.9 Å². The van der Waals surface area contributed by atoms with Gasteiger partial charge in [0, 0.05) is 25.0 Å². The van der Waals surface area contributed by atoms with Crippen LogP contribution in [-0.2, 0) is 13.0 Å². The van der Waals surface area contributed by atoms with Crippen LogP contribution in [0.3, 0.4) is 0 Å². The number of hydrogen-bond acceptors (Lipinski definition) is 4. The maximum absolute atomic E-state index is 5.97. The summed E-state index contributed by atoms with van der Waals surface area (Å²) in [7, 11) is 0. The number of aromatic nitrogens is 3. The minimum absolute atomic E-state index is 0.247. The highest BCUT2D eigenvalue weighted by Crippen LogP contribution is 2.12. The molecular weight excluding hydrogens is 190 g/mol. The second kappa shape index (κ2) is 4.61. The van der Waals surface area contributed by atoms with Crippen LogP contribution in [0.25, 0.3) is 0 Å². The Labute approximate surface area is 91.1 Å². The predicted molar refractivity (Wildman–Crippen MR) is 61.8 cm³/mol. The lowest BCUT2D eigenvalue weighted by Gasteiger charge is -2.18. The van der Waals surface area contributed by atoms with Gasteiger partial charge in [-0.1, -0.05) is 0 Å². The fourth-order valence-corrected chi connectivity index (χ4v) is 1.49. The number of rotatable bonds is 5. The fraction of sp³-hybridized carbons (Fsp3) is 0.800. The van der Waals surface area contributed by atoms with Crippen molar-refractivity contribution in [3.63, 3.8) is 0 Å². The Kier molecular flexibility index (Phi) is 3.68. The van der Waals surface area contributed by atoms with Gasteiger partial charge in [0.15, 0.2) is 0 Å². The quantitative estimate of drug-likeness (QED) is 0.762. The molecule has 5 heteroatoms. The lowest BCUT2D eigenvalue weighted by molar-refractivity contribution is 0.488. The smallest absolute Gasteiger partial charge is 0.224 e. The molecule has 1 rings (SSSR count). The van der Waals surface area contributed by atoms with Crippen LogP contribution in [0, 0.1) is 0 Å². The van der Waals surface area contributed by atoms with Gasteiger partial charge in [0.25, 0.3) is 0 Å². The third kappa shape index (κ3) is 3.20. The molecule has 0 unspecified atom stereocenters. The molecule has 3 N–H and O–H groups in total. The SMILES string of the molecule is CCNc1nnc(CC(C)(C)N)n1CC. The van der Waals surface area contributed by atoms with Crippen LogP contribution < -0.4 is 11.1 Å². The van der Waals surface area contributed by atoms with E-state index in [0.717, 1.165) is 31.3 Å². The second-order valence-corrected chi connectivity index (χ2v) is 4.38. The summed E-state index contributed by atoms with van der Waals surface area (Å²) < 4.78 is 2.07. The van der Waals surface area contributed by atoms with Gasteiger partial charge in [0.1, 0.15) is 5.82 Å². The van der Waals surface area contributed by atoms with Gasteiger partial charge in [0.05, 0.1) is 0 Å². The van der Waals surface area contributed by atoms with Gasteiger partial charge in [-0.05, 0) is 27.7 Å². The zero-order chi connectivity index (χ0) is 11.5. The van der Waals surface area contributed by atoms with Crippen molar-refractivity contribution in [3.05, 3.63) is 5.82 Å². The number of nitrogens with one attached hydrogen (secondary N) is 1. The molecular formula is C10H21N5. The molecule has 0 atom stereocenters. The van der Waals surface area contributed by atoms with E-state index in [1.165, 1.54) is 0 Å². The standard InChI is InChI=1S/C10H21N5/c1-5-12-9-14-13-8(15(9)6-2)7-10(3,4)11/h5-7,11H2,1-4H3,(H,12,14). The van der Waals surface area contributed by atoms with Gasteiger partial charge in [-0.3, -0.25) is 4.57 Å². The minimum Gasteiger partial charge on any atom is -0.355 e. The van der Waals surface area contributed by atoms with Crippen LogP contribution >= 0.6 is 0 Å². The van der Waals surface area contributed by atoms with Crippen molar-refractivity contribution in [3.8, 4) is 0 Å². The molecule has 1 aromatic heterocycles. The first-order valence-electron chi connectivity index (χ1n) is 5.42. The van der Waals surface area contributed by atoms with Gasteiger partial charge in [-0.25, -0.2) is 0 Å². The molecule has 5 nitrogen and oxygen atoms in total. The van der Waals surface area contributed by atoms with Crippen LogP contribution in [-0.4, -0.2) is 26.8 Å². The van der Waals surface area contributed by atoms with E-state index in [2.05, 4.69) is 27.0 Å². The van der Waals surface area contributed by atoms with E-state index in [4.69, 9.17) is 5.73 Å². The lowest BCUT2D eigenvalue weighted by atomic mass is 10.0. The van der Waals surface area contributed by atoms with E-state index in [9.17, 15) is 0 Å². The molecule has 0 amide bonds. The van der Waals surface area contributed by atoms with Crippen LogP contribution in [0.1, 0.15) is 33.5 Å². The molecule has 0 aliphatic rings. The second-order valence-electron chi connectivity index (χ2n) is 4.38. The number of nitrogens with zero attached hydrogens (tertiary/aromatic N) is 3. The molecule has 0 aliphatic heterocycles. The molecule has 0 radical (unpaired) electrons.